The molecule has 0 fully saturated rings. The van der Waals surface area contributed by atoms with Crippen LogP contribution in [0.15, 0.2) is 42.5 Å². The molecule has 2 aromatic rings. The van der Waals surface area contributed by atoms with Crippen LogP contribution in [0.4, 0.5) is 8.78 Å². The van der Waals surface area contributed by atoms with Crippen LogP contribution in [0.3, 0.4) is 0 Å². The fourth-order valence-electron chi connectivity index (χ4n) is 3.22. The summed E-state index contributed by atoms with van der Waals surface area (Å²) in [6, 6.07) is 12.8. The third kappa shape index (κ3) is 6.42. The molecule has 0 spiro atoms. The molecule has 0 bridgehead atoms. The lowest BCUT2D eigenvalue weighted by atomic mass is 10.1. The molecule has 0 unspecified atom stereocenters. The normalized spacial score (nSPS) is 11.3. The van der Waals surface area contributed by atoms with E-state index in [-0.39, 0.29) is 24.0 Å². The third-order valence-corrected chi connectivity index (χ3v) is 4.93. The number of hydrogen-bond donors (Lipinski definition) is 0. The van der Waals surface area contributed by atoms with Gasteiger partial charge in [0.05, 0.1) is 7.11 Å². The molecule has 2 rings (SSSR count). The van der Waals surface area contributed by atoms with E-state index in [2.05, 4.69) is 30.4 Å². The summed E-state index contributed by atoms with van der Waals surface area (Å²) in [5.41, 5.74) is 2.38. The first-order valence-corrected chi connectivity index (χ1v) is 9.95. The van der Waals surface area contributed by atoms with Gasteiger partial charge in [0.25, 0.3) is 5.91 Å². The summed E-state index contributed by atoms with van der Waals surface area (Å²) in [7, 11) is 3.05. The molecule has 0 atom stereocenters. The standard InChI is InChI=1S/C23H30F2N2O3/c1-6-27(16(2)3)15-17-7-10-19(11-8-17)22(28)26(4)14-18-9-12-20(29-5)21(13-18)30-23(24)25/h7-13,16,23H,6,14-15H2,1-5H3. The van der Waals surface area contributed by atoms with E-state index in [1.807, 2.05) is 24.3 Å². The average molecular weight is 421 g/mol. The van der Waals surface area contributed by atoms with Gasteiger partial charge in [-0.05, 0) is 55.8 Å². The number of benzene rings is 2. The Labute approximate surface area is 177 Å². The maximum absolute atomic E-state index is 12.8. The number of carbonyl (C=O) groups is 1. The van der Waals surface area contributed by atoms with Gasteiger partial charge in [-0.2, -0.15) is 8.78 Å². The van der Waals surface area contributed by atoms with Crippen LogP contribution in [0.2, 0.25) is 0 Å². The summed E-state index contributed by atoms with van der Waals surface area (Å²) in [6.45, 7) is 5.54. The first-order chi connectivity index (χ1) is 14.2. The molecule has 164 valence electrons. The summed E-state index contributed by atoms with van der Waals surface area (Å²) < 4.78 is 34.8. The topological polar surface area (TPSA) is 42.0 Å². The molecular weight excluding hydrogens is 390 g/mol. The zero-order chi connectivity index (χ0) is 22.3. The number of amides is 1. The molecule has 0 saturated heterocycles. The van der Waals surface area contributed by atoms with Gasteiger partial charge < -0.3 is 14.4 Å². The van der Waals surface area contributed by atoms with Crippen LogP contribution in [0.25, 0.3) is 0 Å². The van der Waals surface area contributed by atoms with Crippen LogP contribution in [-0.2, 0) is 13.1 Å². The van der Waals surface area contributed by atoms with Crippen molar-refractivity contribution in [2.45, 2.75) is 46.5 Å². The lowest BCUT2D eigenvalue weighted by Gasteiger charge is -2.25. The number of hydrogen-bond acceptors (Lipinski definition) is 4. The quantitative estimate of drug-likeness (QED) is 0.554. The molecular formula is C23H30F2N2O3. The molecule has 0 aliphatic heterocycles. The number of methoxy groups -OCH3 is 1. The van der Waals surface area contributed by atoms with Crippen LogP contribution in [0, 0.1) is 0 Å². The Morgan fingerprint density at radius 1 is 1.00 bits per heavy atom. The molecule has 0 aliphatic carbocycles. The largest absolute Gasteiger partial charge is 0.493 e. The Hall–Kier alpha value is -2.67. The molecule has 0 radical (unpaired) electrons. The van der Waals surface area contributed by atoms with Crippen molar-refractivity contribution in [2.24, 2.45) is 0 Å². The van der Waals surface area contributed by atoms with Crippen LogP contribution in [0.1, 0.15) is 42.3 Å². The van der Waals surface area contributed by atoms with E-state index in [0.29, 0.717) is 17.2 Å². The van der Waals surface area contributed by atoms with Gasteiger partial charge in [-0.3, -0.25) is 9.69 Å². The van der Waals surface area contributed by atoms with Crippen LogP contribution >= 0.6 is 0 Å². The Kier molecular flexibility index (Phi) is 8.59. The fourth-order valence-corrected chi connectivity index (χ4v) is 3.22. The second-order valence-corrected chi connectivity index (χ2v) is 7.38. The van der Waals surface area contributed by atoms with Crippen LogP contribution in [-0.4, -0.2) is 49.1 Å². The van der Waals surface area contributed by atoms with Crippen molar-refractivity contribution >= 4 is 5.91 Å². The number of nitrogens with zero attached hydrogens (tertiary/aromatic N) is 2. The summed E-state index contributed by atoms with van der Waals surface area (Å²) in [6.07, 6.45) is 0. The van der Waals surface area contributed by atoms with Crippen molar-refractivity contribution in [3.8, 4) is 11.5 Å². The first kappa shape index (κ1) is 23.6. The number of alkyl halides is 2. The summed E-state index contributed by atoms with van der Waals surface area (Å²) in [4.78, 5) is 16.6. The maximum atomic E-state index is 12.8. The van der Waals surface area contributed by atoms with Gasteiger partial charge >= 0.3 is 6.61 Å². The second-order valence-electron chi connectivity index (χ2n) is 7.38. The van der Waals surface area contributed by atoms with E-state index in [4.69, 9.17) is 4.74 Å². The van der Waals surface area contributed by atoms with Gasteiger partial charge in [0.15, 0.2) is 11.5 Å². The Morgan fingerprint density at radius 3 is 2.17 bits per heavy atom. The SMILES string of the molecule is CCN(Cc1ccc(C(=O)N(C)Cc2ccc(OC)c(OC(F)F)c2)cc1)C(C)C. The van der Waals surface area contributed by atoms with Gasteiger partial charge in [-0.25, -0.2) is 0 Å². The summed E-state index contributed by atoms with van der Waals surface area (Å²) in [5.74, 6) is 0.0110. The van der Waals surface area contributed by atoms with Crippen molar-refractivity contribution < 1.29 is 23.0 Å². The lowest BCUT2D eigenvalue weighted by molar-refractivity contribution is -0.0512. The predicted octanol–water partition coefficient (Wildman–Crippen LogP) is 4.80. The molecule has 2 aromatic carbocycles. The average Bonchev–Trinajstić information content (AvgIpc) is 2.71. The highest BCUT2D eigenvalue weighted by atomic mass is 19.3. The first-order valence-electron chi connectivity index (χ1n) is 9.95. The highest BCUT2D eigenvalue weighted by molar-refractivity contribution is 5.94. The van der Waals surface area contributed by atoms with E-state index in [1.54, 1.807) is 19.2 Å². The van der Waals surface area contributed by atoms with E-state index in [1.165, 1.54) is 18.1 Å². The predicted molar refractivity (Wildman–Crippen MR) is 113 cm³/mol. The number of halogens is 2. The van der Waals surface area contributed by atoms with Crippen molar-refractivity contribution in [1.29, 1.82) is 0 Å². The van der Waals surface area contributed by atoms with Gasteiger partial charge in [0.2, 0.25) is 0 Å². The van der Waals surface area contributed by atoms with Gasteiger partial charge in [-0.1, -0.05) is 25.1 Å². The van der Waals surface area contributed by atoms with E-state index >= 15 is 0 Å². The zero-order valence-corrected chi connectivity index (χ0v) is 18.2. The Balaban J connectivity index is 2.07. The molecule has 0 N–H and O–H groups in total. The van der Waals surface area contributed by atoms with Gasteiger partial charge in [-0.15, -0.1) is 0 Å². The van der Waals surface area contributed by atoms with Gasteiger partial charge in [0, 0.05) is 31.7 Å². The van der Waals surface area contributed by atoms with Crippen LogP contribution < -0.4 is 9.47 Å². The summed E-state index contributed by atoms with van der Waals surface area (Å²) in [5, 5.41) is 0. The lowest BCUT2D eigenvalue weighted by Crippen LogP contribution is -2.30. The minimum Gasteiger partial charge on any atom is -0.493 e. The number of ether oxygens (including phenoxy) is 2. The highest BCUT2D eigenvalue weighted by Gasteiger charge is 2.16. The number of carbonyl (C=O) groups excluding carboxylic acids is 1. The molecule has 1 amide bonds. The van der Waals surface area contributed by atoms with E-state index in [0.717, 1.165) is 18.7 Å². The van der Waals surface area contributed by atoms with E-state index < -0.39 is 6.61 Å². The molecule has 0 heterocycles. The van der Waals surface area contributed by atoms with Crippen molar-refractivity contribution in [3.05, 3.63) is 59.2 Å². The highest BCUT2D eigenvalue weighted by Crippen LogP contribution is 2.30. The fraction of sp³-hybridized carbons (Fsp3) is 0.435. The minimum atomic E-state index is -2.95. The number of rotatable bonds is 10. The van der Waals surface area contributed by atoms with Crippen molar-refractivity contribution in [3.63, 3.8) is 0 Å². The third-order valence-electron chi connectivity index (χ3n) is 4.93. The molecule has 0 aromatic heterocycles. The maximum Gasteiger partial charge on any atom is 0.387 e. The monoisotopic (exact) mass is 420 g/mol. The second kappa shape index (κ2) is 10.9. The van der Waals surface area contributed by atoms with Crippen molar-refractivity contribution in [2.75, 3.05) is 20.7 Å². The van der Waals surface area contributed by atoms with Crippen molar-refractivity contribution in [1.82, 2.24) is 9.80 Å². The smallest absolute Gasteiger partial charge is 0.387 e. The minimum absolute atomic E-state index is 0.0548. The van der Waals surface area contributed by atoms with Gasteiger partial charge in [0.1, 0.15) is 0 Å². The molecule has 0 saturated carbocycles. The van der Waals surface area contributed by atoms with Crippen LogP contribution in [0.5, 0.6) is 11.5 Å². The molecule has 7 heteroatoms. The molecule has 5 nitrogen and oxygen atoms in total. The zero-order valence-electron chi connectivity index (χ0n) is 18.2. The Morgan fingerprint density at radius 2 is 1.63 bits per heavy atom. The molecule has 0 aliphatic rings. The Bertz CT molecular complexity index is 826. The van der Waals surface area contributed by atoms with E-state index in [9.17, 15) is 13.6 Å². The molecule has 30 heavy (non-hydrogen) atoms. The summed E-state index contributed by atoms with van der Waals surface area (Å²) >= 11 is 0.